The molecule has 2 saturated heterocycles. The molecule has 0 spiro atoms. The standard InChI is InChI=1S/C28H31FN4O3/c29-22-9-4-20(5-10-22)8-13-25-17-26(31-36-25)28(35)30-23-16-27(34)33(19-23)24-11-6-21(7-12-24)18-32-14-2-1-3-15-32/h4-7,9-12,17,23H,1-3,8,13-16,18-19H2,(H,30,35)/t23-/m1/s1. The summed E-state index contributed by atoms with van der Waals surface area (Å²) >= 11 is 0. The molecule has 36 heavy (non-hydrogen) atoms. The Morgan fingerprint density at radius 2 is 1.72 bits per heavy atom. The summed E-state index contributed by atoms with van der Waals surface area (Å²) < 4.78 is 18.4. The Hall–Kier alpha value is -3.52. The predicted octanol–water partition coefficient (Wildman–Crippen LogP) is 4.12. The fourth-order valence-electron chi connectivity index (χ4n) is 4.93. The second kappa shape index (κ2) is 11.0. The average Bonchev–Trinajstić information content (AvgIpc) is 3.51. The Labute approximate surface area is 210 Å². The summed E-state index contributed by atoms with van der Waals surface area (Å²) in [6.07, 6.45) is 5.29. The highest BCUT2D eigenvalue weighted by molar-refractivity contribution is 5.98. The number of hydrogen-bond donors (Lipinski definition) is 1. The summed E-state index contributed by atoms with van der Waals surface area (Å²) in [5.41, 5.74) is 3.27. The van der Waals surface area contributed by atoms with Crippen LogP contribution in [0.25, 0.3) is 0 Å². The molecular weight excluding hydrogens is 459 g/mol. The minimum atomic E-state index is -0.358. The number of piperidine rings is 1. The van der Waals surface area contributed by atoms with Gasteiger partial charge >= 0.3 is 0 Å². The molecule has 3 heterocycles. The molecule has 2 aliphatic heterocycles. The number of aromatic nitrogens is 1. The van der Waals surface area contributed by atoms with Crippen LogP contribution in [0.4, 0.5) is 10.1 Å². The van der Waals surface area contributed by atoms with Gasteiger partial charge in [-0.3, -0.25) is 14.5 Å². The summed E-state index contributed by atoms with van der Waals surface area (Å²) in [7, 11) is 0. The molecule has 1 N–H and O–H groups in total. The van der Waals surface area contributed by atoms with Crippen molar-refractivity contribution in [3.05, 3.63) is 83.0 Å². The fourth-order valence-corrected chi connectivity index (χ4v) is 4.93. The van der Waals surface area contributed by atoms with E-state index < -0.39 is 0 Å². The summed E-state index contributed by atoms with van der Waals surface area (Å²) in [4.78, 5) is 29.6. The van der Waals surface area contributed by atoms with Gasteiger partial charge in [-0.25, -0.2) is 4.39 Å². The van der Waals surface area contributed by atoms with E-state index in [1.807, 2.05) is 12.1 Å². The van der Waals surface area contributed by atoms with E-state index in [2.05, 4.69) is 27.5 Å². The zero-order chi connectivity index (χ0) is 24.9. The minimum Gasteiger partial charge on any atom is -0.361 e. The molecule has 0 saturated carbocycles. The maximum atomic E-state index is 13.1. The van der Waals surface area contributed by atoms with Crippen LogP contribution in [0, 0.1) is 5.82 Å². The van der Waals surface area contributed by atoms with Crippen LogP contribution in [-0.2, 0) is 24.2 Å². The Morgan fingerprint density at radius 1 is 1.00 bits per heavy atom. The van der Waals surface area contributed by atoms with Crippen LogP contribution in [0.2, 0.25) is 0 Å². The van der Waals surface area contributed by atoms with E-state index >= 15 is 0 Å². The molecule has 1 aromatic heterocycles. The number of nitrogens with zero attached hydrogens (tertiary/aromatic N) is 3. The van der Waals surface area contributed by atoms with Gasteiger partial charge < -0.3 is 14.7 Å². The van der Waals surface area contributed by atoms with Crippen LogP contribution >= 0.6 is 0 Å². The Morgan fingerprint density at radius 3 is 2.47 bits per heavy atom. The van der Waals surface area contributed by atoms with Crippen molar-refractivity contribution in [2.45, 2.75) is 51.1 Å². The van der Waals surface area contributed by atoms with Crippen molar-refractivity contribution in [3.63, 3.8) is 0 Å². The van der Waals surface area contributed by atoms with Gasteiger partial charge in [-0.2, -0.15) is 0 Å². The van der Waals surface area contributed by atoms with Crippen LogP contribution in [0.15, 0.2) is 59.1 Å². The highest BCUT2D eigenvalue weighted by atomic mass is 19.1. The normalized spacial score (nSPS) is 18.5. The highest BCUT2D eigenvalue weighted by Crippen LogP contribution is 2.23. The van der Waals surface area contributed by atoms with Gasteiger partial charge in [0.1, 0.15) is 11.6 Å². The first kappa shape index (κ1) is 24.2. The number of carbonyl (C=O) groups is 2. The molecule has 0 aliphatic carbocycles. The number of likely N-dealkylation sites (tertiary alicyclic amines) is 1. The summed E-state index contributed by atoms with van der Waals surface area (Å²) in [5, 5.41) is 6.80. The van der Waals surface area contributed by atoms with Gasteiger partial charge in [-0.05, 0) is 67.7 Å². The first-order valence-corrected chi connectivity index (χ1v) is 12.7. The van der Waals surface area contributed by atoms with Crippen LogP contribution in [0.3, 0.4) is 0 Å². The highest BCUT2D eigenvalue weighted by Gasteiger charge is 2.32. The number of nitrogens with one attached hydrogen (secondary N) is 1. The van der Waals surface area contributed by atoms with Crippen molar-refractivity contribution in [1.82, 2.24) is 15.4 Å². The van der Waals surface area contributed by atoms with Gasteiger partial charge in [0.15, 0.2) is 5.69 Å². The van der Waals surface area contributed by atoms with Crippen LogP contribution < -0.4 is 10.2 Å². The van der Waals surface area contributed by atoms with E-state index in [1.165, 1.54) is 37.0 Å². The molecule has 5 rings (SSSR count). The van der Waals surface area contributed by atoms with Gasteiger partial charge in [-0.1, -0.05) is 35.8 Å². The van der Waals surface area contributed by atoms with Crippen LogP contribution in [0.5, 0.6) is 0 Å². The lowest BCUT2D eigenvalue weighted by Crippen LogP contribution is -2.37. The molecule has 188 valence electrons. The topological polar surface area (TPSA) is 78.7 Å². The Balaban J connectivity index is 1.12. The van der Waals surface area contributed by atoms with Gasteiger partial charge in [0, 0.05) is 37.7 Å². The molecule has 8 heteroatoms. The number of halogens is 1. The maximum Gasteiger partial charge on any atom is 0.273 e. The first-order valence-electron chi connectivity index (χ1n) is 12.7. The van der Waals surface area contributed by atoms with Crippen molar-refractivity contribution < 1.29 is 18.5 Å². The molecule has 2 fully saturated rings. The summed E-state index contributed by atoms with van der Waals surface area (Å²) in [6, 6.07) is 15.8. The number of carbonyl (C=O) groups excluding carboxylic acids is 2. The molecule has 0 radical (unpaired) electrons. The number of hydrogen-bond acceptors (Lipinski definition) is 5. The van der Waals surface area contributed by atoms with E-state index in [1.54, 1.807) is 23.1 Å². The van der Waals surface area contributed by atoms with E-state index in [0.29, 0.717) is 25.1 Å². The smallest absolute Gasteiger partial charge is 0.273 e. The van der Waals surface area contributed by atoms with E-state index in [-0.39, 0.29) is 35.8 Å². The lowest BCUT2D eigenvalue weighted by Gasteiger charge is -2.26. The summed E-state index contributed by atoms with van der Waals surface area (Å²) in [5.74, 6) is -0.0584. The second-order valence-corrected chi connectivity index (χ2v) is 9.69. The average molecular weight is 491 g/mol. The first-order chi connectivity index (χ1) is 17.5. The van der Waals surface area contributed by atoms with Crippen LogP contribution in [-0.4, -0.2) is 47.5 Å². The molecule has 2 amide bonds. The lowest BCUT2D eigenvalue weighted by molar-refractivity contribution is -0.117. The van der Waals surface area contributed by atoms with Gasteiger partial charge in [0.2, 0.25) is 5.91 Å². The molecule has 2 aliphatic rings. The molecule has 1 atom stereocenters. The maximum absolute atomic E-state index is 13.1. The number of rotatable bonds is 8. The third-order valence-corrected chi connectivity index (χ3v) is 6.93. The fraction of sp³-hybridized carbons (Fsp3) is 0.393. The third-order valence-electron chi connectivity index (χ3n) is 6.93. The molecule has 3 aromatic rings. The molecular formula is C28H31FN4O3. The SMILES string of the molecule is O=C(N[C@@H]1CC(=O)N(c2ccc(CN3CCCCC3)cc2)C1)c1cc(CCc2ccc(F)cc2)on1. The predicted molar refractivity (Wildman–Crippen MR) is 134 cm³/mol. The quantitative estimate of drug-likeness (QED) is 0.514. The van der Waals surface area contributed by atoms with Crippen molar-refractivity contribution in [3.8, 4) is 0 Å². The van der Waals surface area contributed by atoms with E-state index in [0.717, 1.165) is 30.9 Å². The van der Waals surface area contributed by atoms with Crippen molar-refractivity contribution in [2.24, 2.45) is 0 Å². The van der Waals surface area contributed by atoms with E-state index in [4.69, 9.17) is 4.52 Å². The molecule has 0 bridgehead atoms. The Kier molecular flexibility index (Phi) is 7.41. The number of amides is 2. The Bertz CT molecular complexity index is 1190. The van der Waals surface area contributed by atoms with Crippen molar-refractivity contribution in [2.75, 3.05) is 24.5 Å². The van der Waals surface area contributed by atoms with Gasteiger partial charge in [0.05, 0.1) is 6.04 Å². The van der Waals surface area contributed by atoms with Crippen LogP contribution in [0.1, 0.15) is 53.1 Å². The van der Waals surface area contributed by atoms with E-state index in [9.17, 15) is 14.0 Å². The monoisotopic (exact) mass is 490 g/mol. The summed E-state index contributed by atoms with van der Waals surface area (Å²) in [6.45, 7) is 3.66. The second-order valence-electron chi connectivity index (χ2n) is 9.69. The minimum absolute atomic E-state index is 0.00998. The number of aryl methyl sites for hydroxylation is 2. The molecule has 2 aromatic carbocycles. The number of anilines is 1. The van der Waals surface area contributed by atoms with Gasteiger partial charge in [0.25, 0.3) is 5.91 Å². The number of benzene rings is 2. The van der Waals surface area contributed by atoms with Crippen molar-refractivity contribution >= 4 is 17.5 Å². The third kappa shape index (κ3) is 5.99. The largest absolute Gasteiger partial charge is 0.361 e. The zero-order valence-corrected chi connectivity index (χ0v) is 20.3. The van der Waals surface area contributed by atoms with Gasteiger partial charge in [-0.15, -0.1) is 0 Å². The zero-order valence-electron chi connectivity index (χ0n) is 20.3. The van der Waals surface area contributed by atoms with Crippen molar-refractivity contribution in [1.29, 1.82) is 0 Å². The molecule has 7 nitrogen and oxygen atoms in total. The molecule has 0 unspecified atom stereocenters. The lowest BCUT2D eigenvalue weighted by atomic mass is 10.1.